The smallest absolute Gasteiger partial charge is 0.0743 e. The van der Waals surface area contributed by atoms with Crippen molar-refractivity contribution in [2.24, 2.45) is 0 Å². The van der Waals surface area contributed by atoms with E-state index in [1.54, 1.807) is 0 Å². The Kier molecular flexibility index (Phi) is 6.77. The van der Waals surface area contributed by atoms with E-state index in [-0.39, 0.29) is 16.7 Å². The van der Waals surface area contributed by atoms with E-state index in [1.165, 1.54) is 28.1 Å². The lowest BCUT2D eigenvalue weighted by atomic mass is 9.82. The molecule has 0 aliphatic carbocycles. The Labute approximate surface area is 245 Å². The number of para-hydroxylation sites is 1. The average Bonchev–Trinajstić information content (AvgIpc) is 3.36. The molecular formula is C38H39N3. The highest BCUT2D eigenvalue weighted by atomic mass is 15.2. The van der Waals surface area contributed by atoms with E-state index in [1.807, 2.05) is 18.3 Å². The fourth-order valence-electron chi connectivity index (χ4n) is 5.88. The lowest BCUT2D eigenvalue weighted by Crippen LogP contribution is -2.18. The van der Waals surface area contributed by atoms with Crippen molar-refractivity contribution >= 4 is 11.4 Å². The zero-order valence-electron chi connectivity index (χ0n) is 25.0. The number of hydrogen-bond acceptors (Lipinski definition) is 3. The van der Waals surface area contributed by atoms with Gasteiger partial charge in [0.2, 0.25) is 0 Å². The molecule has 0 spiro atoms. The van der Waals surface area contributed by atoms with Gasteiger partial charge in [-0.2, -0.15) is 0 Å². The van der Waals surface area contributed by atoms with Crippen LogP contribution in [0.25, 0.3) is 22.5 Å². The molecule has 0 radical (unpaired) electrons. The molecule has 0 saturated carbocycles. The van der Waals surface area contributed by atoms with E-state index >= 15 is 0 Å². The number of pyridine rings is 2. The average molecular weight is 538 g/mol. The number of benzene rings is 3. The molecule has 0 amide bonds. The Morgan fingerprint density at radius 3 is 2.15 bits per heavy atom. The van der Waals surface area contributed by atoms with Crippen molar-refractivity contribution in [2.75, 3.05) is 11.4 Å². The van der Waals surface area contributed by atoms with E-state index in [4.69, 9.17) is 4.98 Å². The summed E-state index contributed by atoms with van der Waals surface area (Å²) in [6, 6.07) is 37.1. The van der Waals surface area contributed by atoms with Crippen molar-refractivity contribution in [3.05, 3.63) is 132 Å². The SMILES string of the molecule is CC(C)(C)c1ccc2c(c1)C(c1ccc(C(C)(C)C)c(-c3cccc(-c4ccccn4)c3)n1)CN2c1ccccc1. The van der Waals surface area contributed by atoms with Crippen LogP contribution >= 0.6 is 0 Å². The van der Waals surface area contributed by atoms with Gasteiger partial charge in [-0.3, -0.25) is 9.97 Å². The maximum absolute atomic E-state index is 5.50. The molecule has 41 heavy (non-hydrogen) atoms. The Balaban J connectivity index is 1.50. The standard InChI is InChI=1S/C38H39N3/c1-37(2,3)28-18-21-35-30(24-28)31(25-41(35)29-15-8-7-9-16-29)34-20-19-32(38(4,5)6)36(40-34)27-14-12-13-26(23-27)33-17-10-11-22-39-33/h7-24,31H,25H2,1-6H3. The number of anilines is 2. The quantitative estimate of drug-likeness (QED) is 0.228. The molecule has 5 aromatic rings. The molecule has 3 nitrogen and oxygen atoms in total. The first-order valence-corrected chi connectivity index (χ1v) is 14.6. The predicted molar refractivity (Wildman–Crippen MR) is 172 cm³/mol. The molecule has 206 valence electrons. The van der Waals surface area contributed by atoms with Gasteiger partial charge in [0.05, 0.1) is 17.1 Å². The van der Waals surface area contributed by atoms with Gasteiger partial charge >= 0.3 is 0 Å². The minimum Gasteiger partial charge on any atom is -0.340 e. The van der Waals surface area contributed by atoms with Crippen molar-refractivity contribution in [3.8, 4) is 22.5 Å². The summed E-state index contributed by atoms with van der Waals surface area (Å²) in [4.78, 5) is 12.5. The fourth-order valence-corrected chi connectivity index (χ4v) is 5.88. The van der Waals surface area contributed by atoms with Crippen LogP contribution in [0.5, 0.6) is 0 Å². The van der Waals surface area contributed by atoms with Crippen LogP contribution in [0.4, 0.5) is 11.4 Å². The van der Waals surface area contributed by atoms with Crippen LogP contribution in [0.2, 0.25) is 0 Å². The Bertz CT molecular complexity index is 1680. The second-order valence-corrected chi connectivity index (χ2v) is 13.2. The fraction of sp³-hybridized carbons (Fsp3) is 0.263. The number of aromatic nitrogens is 2. The van der Waals surface area contributed by atoms with Crippen molar-refractivity contribution < 1.29 is 0 Å². The summed E-state index contributed by atoms with van der Waals surface area (Å²) in [5.41, 5.74) is 11.8. The highest BCUT2D eigenvalue weighted by Crippen LogP contribution is 2.46. The molecule has 1 unspecified atom stereocenters. The van der Waals surface area contributed by atoms with Gasteiger partial charge in [0.1, 0.15) is 0 Å². The molecule has 1 aliphatic rings. The van der Waals surface area contributed by atoms with Gasteiger partial charge in [0.25, 0.3) is 0 Å². The van der Waals surface area contributed by atoms with E-state index in [9.17, 15) is 0 Å². The largest absolute Gasteiger partial charge is 0.340 e. The molecule has 0 saturated heterocycles. The summed E-state index contributed by atoms with van der Waals surface area (Å²) in [6.45, 7) is 14.5. The third-order valence-corrected chi connectivity index (χ3v) is 8.17. The van der Waals surface area contributed by atoms with Gasteiger partial charge in [0, 0.05) is 41.2 Å². The summed E-state index contributed by atoms with van der Waals surface area (Å²) in [5.74, 6) is 0.166. The summed E-state index contributed by atoms with van der Waals surface area (Å²) < 4.78 is 0. The molecule has 1 aliphatic heterocycles. The highest BCUT2D eigenvalue weighted by Gasteiger charge is 2.34. The number of fused-ring (bicyclic) bond motifs is 1. The molecule has 0 bridgehead atoms. The minimum absolute atomic E-state index is 0.0507. The van der Waals surface area contributed by atoms with Crippen LogP contribution < -0.4 is 4.90 Å². The molecule has 2 aromatic heterocycles. The first-order valence-electron chi connectivity index (χ1n) is 14.6. The van der Waals surface area contributed by atoms with Crippen LogP contribution in [0.3, 0.4) is 0 Å². The first kappa shape index (κ1) is 27.0. The third-order valence-electron chi connectivity index (χ3n) is 8.17. The minimum atomic E-state index is -0.0507. The summed E-state index contributed by atoms with van der Waals surface area (Å²) >= 11 is 0. The Morgan fingerprint density at radius 1 is 0.683 bits per heavy atom. The molecule has 0 fully saturated rings. The second kappa shape index (κ2) is 10.3. The number of hydrogen-bond donors (Lipinski definition) is 0. The zero-order chi connectivity index (χ0) is 28.8. The van der Waals surface area contributed by atoms with Gasteiger partial charge in [-0.05, 0) is 70.0 Å². The van der Waals surface area contributed by atoms with Gasteiger partial charge < -0.3 is 4.90 Å². The molecule has 1 atom stereocenters. The lowest BCUT2D eigenvalue weighted by molar-refractivity contribution is 0.587. The Morgan fingerprint density at radius 2 is 1.44 bits per heavy atom. The van der Waals surface area contributed by atoms with Crippen LogP contribution in [0.1, 0.15) is 69.8 Å². The van der Waals surface area contributed by atoms with Gasteiger partial charge in [0.15, 0.2) is 0 Å². The van der Waals surface area contributed by atoms with Crippen LogP contribution in [-0.4, -0.2) is 16.5 Å². The van der Waals surface area contributed by atoms with Crippen LogP contribution in [-0.2, 0) is 10.8 Å². The zero-order valence-corrected chi connectivity index (χ0v) is 25.0. The van der Waals surface area contributed by atoms with Crippen LogP contribution in [0, 0.1) is 0 Å². The lowest BCUT2D eigenvalue weighted by Gasteiger charge is -2.25. The maximum atomic E-state index is 5.50. The Hall–Kier alpha value is -4.24. The van der Waals surface area contributed by atoms with E-state index in [0.717, 1.165) is 34.8 Å². The molecule has 3 aromatic carbocycles. The normalized spacial score (nSPS) is 15.2. The maximum Gasteiger partial charge on any atom is 0.0743 e. The van der Waals surface area contributed by atoms with Crippen molar-refractivity contribution in [1.29, 1.82) is 0 Å². The summed E-state index contributed by atoms with van der Waals surface area (Å²) in [6.07, 6.45) is 1.85. The molecular weight excluding hydrogens is 498 g/mol. The van der Waals surface area contributed by atoms with Gasteiger partial charge in [-0.15, -0.1) is 0 Å². The number of nitrogens with zero attached hydrogens (tertiary/aromatic N) is 3. The molecule has 6 rings (SSSR count). The topological polar surface area (TPSA) is 29.0 Å². The highest BCUT2D eigenvalue weighted by molar-refractivity contribution is 5.75. The number of rotatable bonds is 4. The van der Waals surface area contributed by atoms with Crippen molar-refractivity contribution in [3.63, 3.8) is 0 Å². The third kappa shape index (κ3) is 5.29. The van der Waals surface area contributed by atoms with Crippen LogP contribution in [0.15, 0.2) is 109 Å². The van der Waals surface area contributed by atoms with Gasteiger partial charge in [-0.1, -0.05) is 102 Å². The predicted octanol–water partition coefficient (Wildman–Crippen LogP) is 9.69. The summed E-state index contributed by atoms with van der Waals surface area (Å²) in [7, 11) is 0. The molecule has 3 heteroatoms. The second-order valence-electron chi connectivity index (χ2n) is 13.2. The van der Waals surface area contributed by atoms with Crippen molar-refractivity contribution in [1.82, 2.24) is 9.97 Å². The molecule has 0 N–H and O–H groups in total. The first-order chi connectivity index (χ1) is 19.6. The van der Waals surface area contributed by atoms with E-state index in [2.05, 4.69) is 142 Å². The monoisotopic (exact) mass is 537 g/mol. The van der Waals surface area contributed by atoms with E-state index in [0.29, 0.717) is 0 Å². The van der Waals surface area contributed by atoms with E-state index < -0.39 is 0 Å². The van der Waals surface area contributed by atoms with Gasteiger partial charge in [-0.25, -0.2) is 0 Å². The molecule has 3 heterocycles. The van der Waals surface area contributed by atoms with Crippen molar-refractivity contribution in [2.45, 2.75) is 58.3 Å². The summed E-state index contributed by atoms with van der Waals surface area (Å²) in [5, 5.41) is 0.